The van der Waals surface area contributed by atoms with Crippen molar-refractivity contribution in [1.82, 2.24) is 24.7 Å². The highest BCUT2D eigenvalue weighted by Crippen LogP contribution is 2.19. The van der Waals surface area contributed by atoms with Gasteiger partial charge in [0.15, 0.2) is 11.5 Å². The van der Waals surface area contributed by atoms with E-state index >= 15 is 0 Å². The molecular formula is C19H14ClN5O2. The number of benzene rings is 1. The Balaban J connectivity index is 1.58. The van der Waals surface area contributed by atoms with Gasteiger partial charge in [0.05, 0.1) is 11.9 Å². The summed E-state index contributed by atoms with van der Waals surface area (Å²) in [5, 5.41) is 5.06. The van der Waals surface area contributed by atoms with Crippen LogP contribution < -0.4 is 5.56 Å². The lowest BCUT2D eigenvalue weighted by Gasteiger charge is -2.02. The number of allylic oxidation sites excluding steroid dienone is 1. The summed E-state index contributed by atoms with van der Waals surface area (Å²) in [7, 11) is 0. The number of hydrogen-bond acceptors (Lipinski definition) is 6. The molecule has 27 heavy (non-hydrogen) atoms. The van der Waals surface area contributed by atoms with E-state index < -0.39 is 0 Å². The number of pyridine rings is 1. The van der Waals surface area contributed by atoms with Gasteiger partial charge >= 0.3 is 0 Å². The van der Waals surface area contributed by atoms with Crippen molar-refractivity contribution in [1.29, 1.82) is 0 Å². The molecule has 0 amide bonds. The summed E-state index contributed by atoms with van der Waals surface area (Å²) in [5.74, 6) is 0.748. The van der Waals surface area contributed by atoms with Crippen LogP contribution in [0.2, 0.25) is 5.02 Å². The van der Waals surface area contributed by atoms with Gasteiger partial charge in [-0.1, -0.05) is 28.9 Å². The fourth-order valence-electron chi connectivity index (χ4n) is 2.63. The average Bonchev–Trinajstić information content (AvgIpc) is 3.11. The highest BCUT2D eigenvalue weighted by Gasteiger charge is 2.09. The molecule has 3 aromatic heterocycles. The molecule has 0 saturated carbocycles. The smallest absolute Gasteiger partial charge is 0.263 e. The zero-order valence-corrected chi connectivity index (χ0v) is 15.1. The van der Waals surface area contributed by atoms with Gasteiger partial charge in [-0.05, 0) is 42.3 Å². The van der Waals surface area contributed by atoms with Gasteiger partial charge in [0.1, 0.15) is 6.33 Å². The first-order valence-corrected chi connectivity index (χ1v) is 8.55. The molecule has 0 saturated heterocycles. The Bertz CT molecular complexity index is 1190. The predicted molar refractivity (Wildman–Crippen MR) is 102 cm³/mol. The van der Waals surface area contributed by atoms with E-state index in [1.165, 1.54) is 10.9 Å². The van der Waals surface area contributed by atoms with Crippen molar-refractivity contribution in [3.63, 3.8) is 0 Å². The average molecular weight is 380 g/mol. The van der Waals surface area contributed by atoms with Crippen LogP contribution in [0.5, 0.6) is 0 Å². The van der Waals surface area contributed by atoms with Crippen molar-refractivity contribution in [2.75, 3.05) is 0 Å². The van der Waals surface area contributed by atoms with Crippen molar-refractivity contribution in [2.24, 2.45) is 0 Å². The number of rotatable bonds is 4. The Labute approximate surface area is 159 Å². The van der Waals surface area contributed by atoms with Crippen molar-refractivity contribution < 1.29 is 4.52 Å². The van der Waals surface area contributed by atoms with Gasteiger partial charge in [-0.25, -0.2) is 9.97 Å². The largest absolute Gasteiger partial charge is 0.335 e. The molecule has 0 aliphatic rings. The van der Waals surface area contributed by atoms with E-state index in [4.69, 9.17) is 16.1 Å². The molecule has 0 aliphatic carbocycles. The Morgan fingerprint density at radius 1 is 1.22 bits per heavy atom. The van der Waals surface area contributed by atoms with Gasteiger partial charge in [0.25, 0.3) is 11.4 Å². The van der Waals surface area contributed by atoms with Crippen LogP contribution in [0.4, 0.5) is 0 Å². The van der Waals surface area contributed by atoms with E-state index in [2.05, 4.69) is 20.1 Å². The Morgan fingerprint density at radius 3 is 2.85 bits per heavy atom. The topological polar surface area (TPSA) is 86.7 Å². The van der Waals surface area contributed by atoms with Gasteiger partial charge in [0, 0.05) is 17.3 Å². The Morgan fingerprint density at radius 2 is 2.04 bits per heavy atom. The normalized spacial score (nSPS) is 11.9. The minimum atomic E-state index is -0.202. The first-order chi connectivity index (χ1) is 13.1. The highest BCUT2D eigenvalue weighted by atomic mass is 35.5. The van der Waals surface area contributed by atoms with Crippen molar-refractivity contribution in [3.05, 3.63) is 81.6 Å². The quantitative estimate of drug-likeness (QED) is 0.539. The fraction of sp³-hybridized carbons (Fsp3) is 0.105. The minimum Gasteiger partial charge on any atom is -0.335 e. The fourth-order valence-corrected chi connectivity index (χ4v) is 2.76. The number of nitrogens with zero attached hydrogens (tertiary/aromatic N) is 5. The van der Waals surface area contributed by atoms with Crippen molar-refractivity contribution >= 4 is 34.3 Å². The molecule has 0 spiro atoms. The molecule has 0 aliphatic heterocycles. The first kappa shape index (κ1) is 17.1. The van der Waals surface area contributed by atoms with Gasteiger partial charge in [-0.3, -0.25) is 9.36 Å². The standard InChI is InChI=1S/C19H14ClN5O2/c1-12(13-4-6-14(20)7-5-13)9-17-23-16(24-27-17)10-25-11-22-18-15(19(25)26)3-2-8-21-18/h2-9,11H,10H2,1H3/b12-9+. The van der Waals surface area contributed by atoms with Crippen LogP contribution >= 0.6 is 11.6 Å². The third-order valence-electron chi connectivity index (χ3n) is 4.03. The molecule has 3 heterocycles. The molecule has 4 aromatic rings. The molecule has 0 N–H and O–H groups in total. The van der Waals surface area contributed by atoms with Crippen LogP contribution in [0.3, 0.4) is 0 Å². The molecule has 0 bridgehead atoms. The summed E-state index contributed by atoms with van der Waals surface area (Å²) in [5.41, 5.74) is 2.17. The first-order valence-electron chi connectivity index (χ1n) is 8.17. The Hall–Kier alpha value is -3.32. The van der Waals surface area contributed by atoms with Crippen LogP contribution in [0.15, 0.2) is 58.2 Å². The summed E-state index contributed by atoms with van der Waals surface area (Å²) in [6.07, 6.45) is 4.81. The molecule has 0 unspecified atom stereocenters. The summed E-state index contributed by atoms with van der Waals surface area (Å²) in [6.45, 7) is 2.10. The van der Waals surface area contributed by atoms with Crippen LogP contribution in [-0.2, 0) is 6.54 Å². The van der Waals surface area contributed by atoms with Crippen molar-refractivity contribution in [3.8, 4) is 0 Å². The number of fused-ring (bicyclic) bond motifs is 1. The third kappa shape index (κ3) is 3.63. The Kier molecular flexibility index (Phi) is 4.52. The SMILES string of the molecule is C/C(=C\c1nc(Cn2cnc3ncccc3c2=O)no1)c1ccc(Cl)cc1. The molecule has 4 rings (SSSR count). The minimum absolute atomic E-state index is 0.161. The highest BCUT2D eigenvalue weighted by molar-refractivity contribution is 6.30. The van der Waals surface area contributed by atoms with E-state index in [9.17, 15) is 4.79 Å². The second kappa shape index (κ2) is 7.13. The third-order valence-corrected chi connectivity index (χ3v) is 4.28. The molecular weight excluding hydrogens is 366 g/mol. The summed E-state index contributed by atoms with van der Waals surface area (Å²) < 4.78 is 6.69. The van der Waals surface area contributed by atoms with E-state index in [1.807, 2.05) is 31.2 Å². The number of hydrogen-bond donors (Lipinski definition) is 0. The maximum Gasteiger partial charge on any atom is 0.263 e. The van der Waals surface area contributed by atoms with Crippen molar-refractivity contribution in [2.45, 2.75) is 13.5 Å². The molecule has 1 aromatic carbocycles. The molecule has 8 heteroatoms. The second-order valence-corrected chi connectivity index (χ2v) is 6.37. The van der Waals surface area contributed by atoms with Gasteiger partial charge in [-0.15, -0.1) is 0 Å². The monoisotopic (exact) mass is 379 g/mol. The number of halogens is 1. The van der Waals surface area contributed by atoms with Gasteiger partial charge in [0.2, 0.25) is 0 Å². The van der Waals surface area contributed by atoms with Gasteiger partial charge < -0.3 is 4.52 Å². The van der Waals surface area contributed by atoms with E-state index in [0.29, 0.717) is 27.8 Å². The van der Waals surface area contributed by atoms with Crippen LogP contribution in [0, 0.1) is 0 Å². The second-order valence-electron chi connectivity index (χ2n) is 5.94. The lowest BCUT2D eigenvalue weighted by Crippen LogP contribution is -2.21. The summed E-state index contributed by atoms with van der Waals surface area (Å²) >= 11 is 5.91. The van der Waals surface area contributed by atoms with Crippen LogP contribution in [0.1, 0.15) is 24.2 Å². The lowest BCUT2D eigenvalue weighted by molar-refractivity contribution is 0.401. The van der Waals surface area contributed by atoms with E-state index in [-0.39, 0.29) is 12.1 Å². The maximum absolute atomic E-state index is 12.5. The molecule has 0 fully saturated rings. The number of aromatic nitrogens is 5. The van der Waals surface area contributed by atoms with E-state index in [0.717, 1.165) is 11.1 Å². The zero-order valence-electron chi connectivity index (χ0n) is 14.3. The molecule has 134 valence electrons. The predicted octanol–water partition coefficient (Wildman–Crippen LogP) is 3.44. The zero-order chi connectivity index (χ0) is 18.8. The van der Waals surface area contributed by atoms with Crippen LogP contribution in [0.25, 0.3) is 22.7 Å². The summed E-state index contributed by atoms with van der Waals surface area (Å²) in [6, 6.07) is 10.9. The lowest BCUT2D eigenvalue weighted by atomic mass is 10.1. The molecule has 0 radical (unpaired) electrons. The van der Waals surface area contributed by atoms with Gasteiger partial charge in [-0.2, -0.15) is 4.98 Å². The molecule has 0 atom stereocenters. The van der Waals surface area contributed by atoms with Crippen LogP contribution in [-0.4, -0.2) is 24.7 Å². The maximum atomic E-state index is 12.5. The molecule has 7 nitrogen and oxygen atoms in total. The van der Waals surface area contributed by atoms with E-state index in [1.54, 1.807) is 24.4 Å². The summed E-state index contributed by atoms with van der Waals surface area (Å²) in [4.78, 5) is 25.1.